The van der Waals surface area contributed by atoms with Crippen LogP contribution in [0.25, 0.3) is 16.8 Å². The maximum Gasteiger partial charge on any atom is 0.439 e. The number of rotatable bonds is 5. The Morgan fingerprint density at radius 3 is 2.31 bits per heavy atom. The molecule has 1 amide bonds. The van der Waals surface area contributed by atoms with Crippen molar-refractivity contribution >= 4 is 17.3 Å². The fraction of sp³-hybridized carbons (Fsp3) is 0.567. The number of hydrogen-bond donors (Lipinski definition) is 0. The average molecular weight is 535 g/mol. The Kier molecular flexibility index (Phi) is 7.94. The lowest BCUT2D eigenvalue weighted by molar-refractivity contribution is 0.0328. The van der Waals surface area contributed by atoms with Crippen LogP contribution >= 0.6 is 0 Å². The predicted octanol–water partition coefficient (Wildman–Crippen LogP) is 5.28. The number of aromatic nitrogens is 3. The zero-order valence-corrected chi connectivity index (χ0v) is 24.2. The van der Waals surface area contributed by atoms with Crippen LogP contribution in [-0.2, 0) is 9.57 Å². The van der Waals surface area contributed by atoms with E-state index in [0.29, 0.717) is 17.6 Å². The largest absolute Gasteiger partial charge is 0.442 e. The van der Waals surface area contributed by atoms with E-state index in [1.165, 1.54) is 46.1 Å². The van der Waals surface area contributed by atoms with Crippen molar-refractivity contribution in [3.8, 4) is 11.3 Å². The molecule has 0 N–H and O–H groups in total. The lowest BCUT2D eigenvalue weighted by atomic mass is 9.84. The smallest absolute Gasteiger partial charge is 0.439 e. The van der Waals surface area contributed by atoms with Crippen molar-refractivity contribution in [3.05, 3.63) is 48.2 Å². The van der Waals surface area contributed by atoms with Gasteiger partial charge in [-0.1, -0.05) is 12.1 Å². The molecule has 0 atom stereocenters. The van der Waals surface area contributed by atoms with Gasteiger partial charge in [-0.05, 0) is 72.6 Å². The van der Waals surface area contributed by atoms with Crippen LogP contribution in [0.15, 0.2) is 36.7 Å². The van der Waals surface area contributed by atoms with Crippen LogP contribution in [-0.4, -0.2) is 82.2 Å². The van der Waals surface area contributed by atoms with E-state index in [4.69, 9.17) is 14.6 Å². The molecular weight excluding hydrogens is 492 g/mol. The van der Waals surface area contributed by atoms with Crippen LogP contribution in [0.4, 0.5) is 10.5 Å². The van der Waals surface area contributed by atoms with Crippen LogP contribution in [0.1, 0.15) is 63.9 Å². The van der Waals surface area contributed by atoms with Crippen molar-refractivity contribution in [2.75, 3.05) is 45.4 Å². The van der Waals surface area contributed by atoms with E-state index < -0.39 is 11.7 Å². The molecule has 1 saturated heterocycles. The second-order valence-electron chi connectivity index (χ2n) is 11.9. The molecule has 9 nitrogen and oxygen atoms in total. The number of hydroxylamine groups is 1. The van der Waals surface area contributed by atoms with Crippen LogP contribution in [0.2, 0.25) is 0 Å². The van der Waals surface area contributed by atoms with Crippen LogP contribution in [0.3, 0.4) is 0 Å². The monoisotopic (exact) mass is 534 g/mol. The molecule has 0 bridgehead atoms. The van der Waals surface area contributed by atoms with Crippen molar-refractivity contribution in [1.82, 2.24) is 24.2 Å². The summed E-state index contributed by atoms with van der Waals surface area (Å²) in [6.45, 7) is 12.2. The Labute approximate surface area is 231 Å². The Bertz CT molecular complexity index is 1280. The van der Waals surface area contributed by atoms with E-state index in [1.54, 1.807) is 0 Å². The van der Waals surface area contributed by atoms with Gasteiger partial charge in [-0.25, -0.2) is 9.78 Å². The minimum Gasteiger partial charge on any atom is -0.442 e. The van der Waals surface area contributed by atoms with Gasteiger partial charge in [0.05, 0.1) is 29.7 Å². The lowest BCUT2D eigenvalue weighted by Gasteiger charge is -2.41. The first-order valence-corrected chi connectivity index (χ1v) is 14.1. The number of fused-ring (bicyclic) bond motifs is 1. The number of anilines is 1. The third kappa shape index (κ3) is 5.95. The predicted molar refractivity (Wildman–Crippen MR) is 153 cm³/mol. The minimum absolute atomic E-state index is 0.423. The Hall–Kier alpha value is -3.01. The fourth-order valence-corrected chi connectivity index (χ4v) is 5.94. The van der Waals surface area contributed by atoms with Gasteiger partial charge in [0.25, 0.3) is 0 Å². The van der Waals surface area contributed by atoms with E-state index in [2.05, 4.69) is 26.2 Å². The van der Waals surface area contributed by atoms with Crippen LogP contribution in [0, 0.1) is 6.92 Å². The number of piperazine rings is 1. The Balaban J connectivity index is 1.38. The van der Waals surface area contributed by atoms with E-state index in [0.717, 1.165) is 46.2 Å². The number of hydrogen-bond acceptors (Lipinski definition) is 7. The number of likely N-dealkylation sites (N-methyl/N-ethyl adjacent to an activating group) is 1. The standard InChI is InChI=1S/C30H42N6O3/c1-21-27-26(22-7-13-25(14-8-22)36(38-6)29(37)39-30(2,3)4)32-28(35(27)16-15-31-21)23-9-11-24(12-10-23)34-19-17-33(5)18-20-34/h7-8,13-16,23-24H,9-12,17-20H2,1-6H3. The molecule has 1 saturated carbocycles. The number of imidazole rings is 1. The van der Waals surface area contributed by atoms with Crippen molar-refractivity contribution in [2.24, 2.45) is 0 Å². The number of carbonyl (C=O) groups is 1. The van der Waals surface area contributed by atoms with E-state index in [1.807, 2.05) is 64.4 Å². The van der Waals surface area contributed by atoms with Gasteiger partial charge in [-0.15, -0.1) is 0 Å². The maximum atomic E-state index is 12.6. The summed E-state index contributed by atoms with van der Waals surface area (Å²) in [6, 6.07) is 8.37. The summed E-state index contributed by atoms with van der Waals surface area (Å²) in [6.07, 6.45) is 8.09. The number of nitrogens with zero attached hydrogens (tertiary/aromatic N) is 6. The SMILES string of the molecule is CON(C(=O)OC(C)(C)C)c1ccc(-c2nc(C3CCC(N4CCN(C)CC4)CC3)n3ccnc(C)c23)cc1. The highest BCUT2D eigenvalue weighted by molar-refractivity contribution is 5.87. The first kappa shape index (κ1) is 27.6. The molecule has 2 fully saturated rings. The number of ether oxygens (including phenoxy) is 1. The molecule has 0 spiro atoms. The van der Waals surface area contributed by atoms with E-state index in [9.17, 15) is 4.79 Å². The first-order valence-electron chi connectivity index (χ1n) is 14.1. The zero-order chi connectivity index (χ0) is 27.7. The molecule has 3 aromatic rings. The second kappa shape index (κ2) is 11.2. The molecule has 0 unspecified atom stereocenters. The molecule has 0 radical (unpaired) electrons. The highest BCUT2D eigenvalue weighted by atomic mass is 16.7. The van der Waals surface area contributed by atoms with Gasteiger partial charge in [0.2, 0.25) is 0 Å². The molecular formula is C30H42N6O3. The molecule has 1 aliphatic heterocycles. The summed E-state index contributed by atoms with van der Waals surface area (Å²) in [4.78, 5) is 32.9. The van der Waals surface area contributed by atoms with Crippen molar-refractivity contribution < 1.29 is 14.4 Å². The third-order valence-corrected chi connectivity index (χ3v) is 8.00. The van der Waals surface area contributed by atoms with Crippen molar-refractivity contribution in [3.63, 3.8) is 0 Å². The van der Waals surface area contributed by atoms with Crippen molar-refractivity contribution in [1.29, 1.82) is 0 Å². The number of amides is 1. The zero-order valence-electron chi connectivity index (χ0n) is 24.2. The third-order valence-electron chi connectivity index (χ3n) is 8.00. The van der Waals surface area contributed by atoms with E-state index >= 15 is 0 Å². The normalized spacial score (nSPS) is 21.3. The number of aryl methyl sites for hydroxylation is 1. The molecule has 210 valence electrons. The van der Waals surface area contributed by atoms with Crippen LogP contribution < -0.4 is 5.06 Å². The molecule has 1 aliphatic carbocycles. The number of carbonyl (C=O) groups excluding carboxylic acids is 1. The maximum absolute atomic E-state index is 12.6. The quantitative estimate of drug-likeness (QED) is 0.412. The average Bonchev–Trinajstić information content (AvgIpc) is 3.30. The first-order chi connectivity index (χ1) is 18.6. The van der Waals surface area contributed by atoms with Gasteiger partial charge in [-0.2, -0.15) is 5.06 Å². The molecule has 2 aliphatic rings. The molecule has 39 heavy (non-hydrogen) atoms. The lowest BCUT2D eigenvalue weighted by Crippen LogP contribution is -2.49. The number of benzene rings is 1. The van der Waals surface area contributed by atoms with Crippen molar-refractivity contribution in [2.45, 2.75) is 70.9 Å². The van der Waals surface area contributed by atoms with Gasteiger partial charge in [0.15, 0.2) is 0 Å². The molecule has 2 aromatic heterocycles. The second-order valence-corrected chi connectivity index (χ2v) is 11.9. The molecule has 3 heterocycles. The Morgan fingerprint density at radius 1 is 1.03 bits per heavy atom. The summed E-state index contributed by atoms with van der Waals surface area (Å²) in [7, 11) is 3.68. The fourth-order valence-electron chi connectivity index (χ4n) is 5.94. The Morgan fingerprint density at radius 2 is 1.69 bits per heavy atom. The topological polar surface area (TPSA) is 75.4 Å². The summed E-state index contributed by atoms with van der Waals surface area (Å²) >= 11 is 0. The minimum atomic E-state index is -0.617. The highest BCUT2D eigenvalue weighted by Gasteiger charge is 2.31. The van der Waals surface area contributed by atoms with Crippen LogP contribution in [0.5, 0.6) is 0 Å². The van der Waals surface area contributed by atoms with Gasteiger partial charge in [-0.3, -0.25) is 19.1 Å². The molecule has 1 aromatic carbocycles. The van der Waals surface area contributed by atoms with E-state index in [-0.39, 0.29) is 0 Å². The summed E-state index contributed by atoms with van der Waals surface area (Å²) in [5.41, 5.74) is 3.87. The van der Waals surface area contributed by atoms with Gasteiger partial charge < -0.3 is 9.64 Å². The van der Waals surface area contributed by atoms with Gasteiger partial charge >= 0.3 is 6.09 Å². The summed E-state index contributed by atoms with van der Waals surface area (Å²) < 4.78 is 7.73. The molecule has 9 heteroatoms. The van der Waals surface area contributed by atoms with Gasteiger partial charge in [0.1, 0.15) is 11.4 Å². The molecule has 5 rings (SSSR count). The summed E-state index contributed by atoms with van der Waals surface area (Å²) in [5, 5.41) is 1.16. The highest BCUT2D eigenvalue weighted by Crippen LogP contribution is 2.38. The summed E-state index contributed by atoms with van der Waals surface area (Å²) in [5.74, 6) is 1.55. The van der Waals surface area contributed by atoms with Gasteiger partial charge in [0, 0.05) is 56.1 Å².